The van der Waals surface area contributed by atoms with E-state index in [1.165, 1.54) is 186 Å². The van der Waals surface area contributed by atoms with Crippen molar-refractivity contribution in [1.29, 1.82) is 0 Å². The number of carbonyl (C=O) groups is 1. The highest BCUT2D eigenvalue weighted by Gasteiger charge is 2.44. The Morgan fingerprint density at radius 3 is 1.22 bits per heavy atom. The van der Waals surface area contributed by atoms with Crippen molar-refractivity contribution in [2.24, 2.45) is 0 Å². The number of allylic oxidation sites excluding steroid dienone is 6. The lowest BCUT2D eigenvalue weighted by Gasteiger charge is -2.40. The predicted octanol–water partition coefficient (Wildman–Crippen LogP) is 13.5. The Bertz CT molecular complexity index is 1280. The summed E-state index contributed by atoms with van der Waals surface area (Å²) in [6.07, 6.45) is 52.4. The Morgan fingerprint density at radius 2 is 0.836 bits per heavy atom. The van der Waals surface area contributed by atoms with Crippen molar-refractivity contribution >= 4 is 5.91 Å². The van der Waals surface area contributed by atoms with Crippen molar-refractivity contribution in [2.75, 3.05) is 13.2 Å². The van der Waals surface area contributed by atoms with Crippen LogP contribution >= 0.6 is 0 Å². The first-order chi connectivity index (χ1) is 35.7. The lowest BCUT2D eigenvalue weighted by Crippen LogP contribution is -2.60. The van der Waals surface area contributed by atoms with Gasteiger partial charge in [-0.2, -0.15) is 0 Å². The molecule has 430 valence electrons. The number of nitrogens with one attached hydrogen (secondary N) is 1. The Labute approximate surface area is 447 Å². The summed E-state index contributed by atoms with van der Waals surface area (Å²) in [5.74, 6) is -0.709. The Balaban J connectivity index is 2.19. The number of aliphatic hydroxyl groups is 7. The normalized spacial score (nSPS) is 20.2. The van der Waals surface area contributed by atoms with Crippen molar-refractivity contribution < 1.29 is 50.0 Å². The number of rotatable bonds is 53. The van der Waals surface area contributed by atoms with Crippen LogP contribution in [-0.2, 0) is 14.3 Å². The SMILES string of the molecule is CCC/C=C/CC/C=C/CC/C=C/CCCC(O)C(O)C(COC1OC(CO)C(O)C(O)C1O)NC(=O)C(O)CCCCCCCCCCCCCCCCCCCCCCCCCCCCCCCCCC. The molecule has 1 aliphatic rings. The summed E-state index contributed by atoms with van der Waals surface area (Å²) in [6, 6.07) is -1.19. The zero-order valence-corrected chi connectivity index (χ0v) is 47.1. The van der Waals surface area contributed by atoms with Crippen molar-refractivity contribution in [3.05, 3.63) is 36.5 Å². The lowest BCUT2D eigenvalue weighted by molar-refractivity contribution is -0.303. The van der Waals surface area contributed by atoms with Crippen molar-refractivity contribution in [3.8, 4) is 0 Å². The van der Waals surface area contributed by atoms with Gasteiger partial charge in [-0.1, -0.05) is 262 Å². The molecule has 0 aromatic carbocycles. The lowest BCUT2D eigenvalue weighted by atomic mass is 9.98. The minimum atomic E-state index is -1.67. The second kappa shape index (κ2) is 51.1. The molecule has 1 rings (SSSR count). The molecule has 9 unspecified atom stereocenters. The molecule has 9 atom stereocenters. The van der Waals surface area contributed by atoms with E-state index in [2.05, 4.69) is 55.6 Å². The Morgan fingerprint density at radius 1 is 0.466 bits per heavy atom. The van der Waals surface area contributed by atoms with Crippen LogP contribution in [0, 0.1) is 0 Å². The topological polar surface area (TPSA) is 189 Å². The third-order valence-electron chi connectivity index (χ3n) is 14.9. The van der Waals surface area contributed by atoms with E-state index in [-0.39, 0.29) is 12.8 Å². The molecule has 0 spiro atoms. The van der Waals surface area contributed by atoms with Gasteiger partial charge in [0.15, 0.2) is 6.29 Å². The van der Waals surface area contributed by atoms with E-state index in [9.17, 15) is 40.5 Å². The van der Waals surface area contributed by atoms with E-state index < -0.39 is 74.2 Å². The number of hydrogen-bond donors (Lipinski definition) is 8. The molecule has 73 heavy (non-hydrogen) atoms. The molecule has 1 heterocycles. The molecule has 1 aliphatic heterocycles. The monoisotopic (exact) mass is 1040 g/mol. The molecule has 1 fully saturated rings. The second-order valence-electron chi connectivity index (χ2n) is 21.8. The molecule has 0 radical (unpaired) electrons. The average molecular weight is 1040 g/mol. The van der Waals surface area contributed by atoms with Gasteiger partial charge in [0.2, 0.25) is 5.91 Å². The van der Waals surface area contributed by atoms with E-state index in [1.807, 2.05) is 0 Å². The Hall–Kier alpha value is -1.67. The predicted molar refractivity (Wildman–Crippen MR) is 302 cm³/mol. The highest BCUT2D eigenvalue weighted by atomic mass is 16.7. The van der Waals surface area contributed by atoms with E-state index in [4.69, 9.17) is 9.47 Å². The highest BCUT2D eigenvalue weighted by Crippen LogP contribution is 2.23. The van der Waals surface area contributed by atoms with E-state index in [1.54, 1.807) is 0 Å². The molecule has 11 heteroatoms. The number of hydrogen-bond acceptors (Lipinski definition) is 10. The molecule has 0 aromatic rings. The van der Waals surface area contributed by atoms with Gasteiger partial charge in [-0.05, 0) is 57.8 Å². The number of aliphatic hydroxyl groups excluding tert-OH is 7. The molecule has 1 amide bonds. The maximum atomic E-state index is 13.2. The van der Waals surface area contributed by atoms with Gasteiger partial charge in [-0.25, -0.2) is 0 Å². The fraction of sp³-hybridized carbons (Fsp3) is 0.887. The molecule has 0 bridgehead atoms. The zero-order valence-electron chi connectivity index (χ0n) is 47.1. The minimum absolute atomic E-state index is 0.242. The van der Waals surface area contributed by atoms with Crippen LogP contribution in [0.3, 0.4) is 0 Å². The van der Waals surface area contributed by atoms with Gasteiger partial charge >= 0.3 is 0 Å². The zero-order chi connectivity index (χ0) is 53.3. The van der Waals surface area contributed by atoms with Gasteiger partial charge in [0.1, 0.15) is 36.6 Å². The molecule has 0 aromatic heterocycles. The third-order valence-corrected chi connectivity index (χ3v) is 14.9. The van der Waals surface area contributed by atoms with Crippen LogP contribution in [0.25, 0.3) is 0 Å². The van der Waals surface area contributed by atoms with Gasteiger partial charge in [-0.15, -0.1) is 0 Å². The maximum absolute atomic E-state index is 13.2. The van der Waals surface area contributed by atoms with Crippen LogP contribution in [0.15, 0.2) is 36.5 Å². The summed E-state index contributed by atoms with van der Waals surface area (Å²) in [5, 5.41) is 76.0. The van der Waals surface area contributed by atoms with Crippen LogP contribution in [0.4, 0.5) is 0 Å². The minimum Gasteiger partial charge on any atom is -0.394 e. The van der Waals surface area contributed by atoms with Crippen LogP contribution in [0.2, 0.25) is 0 Å². The smallest absolute Gasteiger partial charge is 0.249 e. The van der Waals surface area contributed by atoms with Gasteiger partial charge in [-0.3, -0.25) is 4.79 Å². The summed E-state index contributed by atoms with van der Waals surface area (Å²) < 4.78 is 11.1. The standard InChI is InChI=1S/C62H117NO10/c1-3-5-7-9-11-13-15-17-19-20-21-22-23-24-25-26-27-28-29-30-31-32-33-34-35-36-38-40-42-44-46-48-50-55(66)61(71)63-53(52-72-62-60(70)59(69)58(68)56(51-64)73-62)57(67)54(65)49-47-45-43-41-39-37-18-16-14-12-10-8-6-4-2/h8,10,16,18,41,43,53-60,62,64-70H,3-7,9,11-15,17,19-40,42,44-52H2,1-2H3,(H,63,71)/b10-8+,18-16+,43-41+. The van der Waals surface area contributed by atoms with Crippen molar-refractivity contribution in [1.82, 2.24) is 5.32 Å². The van der Waals surface area contributed by atoms with Crippen molar-refractivity contribution in [2.45, 2.75) is 339 Å². The number of amides is 1. The Kier molecular flexibility index (Phi) is 48.5. The molecular formula is C62H117NO10. The van der Waals surface area contributed by atoms with Crippen LogP contribution in [0.5, 0.6) is 0 Å². The first kappa shape index (κ1) is 69.3. The second-order valence-corrected chi connectivity index (χ2v) is 21.8. The maximum Gasteiger partial charge on any atom is 0.249 e. The summed E-state index contributed by atoms with van der Waals surface area (Å²) in [5.41, 5.74) is 0. The number of ether oxygens (including phenoxy) is 2. The van der Waals surface area contributed by atoms with Crippen LogP contribution in [-0.4, -0.2) is 110 Å². The van der Waals surface area contributed by atoms with Gasteiger partial charge in [0, 0.05) is 0 Å². The summed E-state index contributed by atoms with van der Waals surface area (Å²) >= 11 is 0. The van der Waals surface area contributed by atoms with Gasteiger partial charge in [0.05, 0.1) is 25.4 Å². The average Bonchev–Trinajstić information content (AvgIpc) is 3.39. The van der Waals surface area contributed by atoms with Crippen LogP contribution in [0.1, 0.15) is 284 Å². The van der Waals surface area contributed by atoms with E-state index in [0.29, 0.717) is 19.3 Å². The van der Waals surface area contributed by atoms with Gasteiger partial charge < -0.3 is 50.5 Å². The summed E-state index contributed by atoms with van der Waals surface area (Å²) in [7, 11) is 0. The quantitative estimate of drug-likeness (QED) is 0.0215. The summed E-state index contributed by atoms with van der Waals surface area (Å²) in [4.78, 5) is 13.2. The van der Waals surface area contributed by atoms with Gasteiger partial charge in [0.25, 0.3) is 0 Å². The van der Waals surface area contributed by atoms with Crippen LogP contribution < -0.4 is 5.32 Å². The highest BCUT2D eigenvalue weighted by molar-refractivity contribution is 5.80. The molecular weight excluding hydrogens is 919 g/mol. The van der Waals surface area contributed by atoms with E-state index in [0.717, 1.165) is 51.4 Å². The third kappa shape index (κ3) is 39.4. The molecule has 8 N–H and O–H groups in total. The van der Waals surface area contributed by atoms with Crippen molar-refractivity contribution in [3.63, 3.8) is 0 Å². The molecule has 0 saturated carbocycles. The fourth-order valence-electron chi connectivity index (χ4n) is 9.90. The van der Waals surface area contributed by atoms with E-state index >= 15 is 0 Å². The first-order valence-corrected chi connectivity index (χ1v) is 30.9. The molecule has 0 aliphatic carbocycles. The number of unbranched alkanes of at least 4 members (excludes halogenated alkanes) is 35. The molecule has 11 nitrogen and oxygen atoms in total. The molecule has 1 saturated heterocycles. The first-order valence-electron chi connectivity index (χ1n) is 30.9. The number of carbonyl (C=O) groups excluding carboxylic acids is 1. The fourth-order valence-corrected chi connectivity index (χ4v) is 9.90. The summed E-state index contributed by atoms with van der Waals surface area (Å²) in [6.45, 7) is 3.39. The largest absolute Gasteiger partial charge is 0.394 e.